The van der Waals surface area contributed by atoms with E-state index in [1.165, 1.54) is 5.56 Å². The average Bonchev–Trinajstić information content (AvgIpc) is 2.25. The van der Waals surface area contributed by atoms with Crippen molar-refractivity contribution in [3.05, 3.63) is 34.3 Å². The topological polar surface area (TPSA) is 46.3 Å². The largest absolute Gasteiger partial charge is 0.339 e. The summed E-state index contributed by atoms with van der Waals surface area (Å²) in [4.78, 5) is 13.7. The van der Waals surface area contributed by atoms with Crippen molar-refractivity contribution in [2.75, 3.05) is 13.1 Å². The van der Waals surface area contributed by atoms with E-state index in [1.807, 2.05) is 17.0 Å². The first-order valence-corrected chi connectivity index (χ1v) is 6.64. The maximum atomic E-state index is 11.9. The van der Waals surface area contributed by atoms with Crippen LogP contribution < -0.4 is 5.73 Å². The molecule has 1 aromatic rings. The monoisotopic (exact) mass is 296 g/mol. The number of hydrogen-bond donors (Lipinski definition) is 1. The van der Waals surface area contributed by atoms with Gasteiger partial charge in [-0.05, 0) is 23.6 Å². The molecule has 1 aliphatic rings. The van der Waals surface area contributed by atoms with E-state index in [9.17, 15) is 4.79 Å². The first-order chi connectivity index (χ1) is 8.06. The minimum atomic E-state index is 0.182. The summed E-state index contributed by atoms with van der Waals surface area (Å²) in [6.07, 6.45) is 0.564. The van der Waals surface area contributed by atoms with E-state index < -0.39 is 0 Å². The van der Waals surface area contributed by atoms with Crippen LogP contribution in [-0.2, 0) is 4.79 Å². The summed E-state index contributed by atoms with van der Waals surface area (Å²) in [7, 11) is 0. The average molecular weight is 297 g/mol. The number of amides is 1. The van der Waals surface area contributed by atoms with Gasteiger partial charge in [0, 0.05) is 30.0 Å². The molecule has 0 saturated carbocycles. The SMILES string of the molecule is CC(CC(=O)N1CC(N)C1)c1ccc(Br)cc1. The molecule has 0 aliphatic carbocycles. The Hall–Kier alpha value is -0.870. The third-order valence-electron chi connectivity index (χ3n) is 3.18. The lowest BCUT2D eigenvalue weighted by atomic mass is 9.96. The maximum absolute atomic E-state index is 11.9. The van der Waals surface area contributed by atoms with E-state index in [0.29, 0.717) is 19.5 Å². The van der Waals surface area contributed by atoms with Crippen LogP contribution in [0.25, 0.3) is 0 Å². The van der Waals surface area contributed by atoms with Gasteiger partial charge >= 0.3 is 0 Å². The quantitative estimate of drug-likeness (QED) is 0.929. The van der Waals surface area contributed by atoms with E-state index >= 15 is 0 Å². The number of nitrogens with two attached hydrogens (primary N) is 1. The zero-order chi connectivity index (χ0) is 12.4. The van der Waals surface area contributed by atoms with Crippen LogP contribution in [0.15, 0.2) is 28.7 Å². The van der Waals surface area contributed by atoms with E-state index in [0.717, 1.165) is 4.47 Å². The predicted octanol–water partition coefficient (Wildman–Crippen LogP) is 2.11. The van der Waals surface area contributed by atoms with Gasteiger partial charge in [-0.25, -0.2) is 0 Å². The number of halogens is 1. The van der Waals surface area contributed by atoms with Crippen LogP contribution in [0.2, 0.25) is 0 Å². The lowest BCUT2D eigenvalue weighted by molar-refractivity contribution is -0.135. The number of hydrogen-bond acceptors (Lipinski definition) is 2. The van der Waals surface area contributed by atoms with Crippen LogP contribution in [0.5, 0.6) is 0 Å². The van der Waals surface area contributed by atoms with Gasteiger partial charge in [0.2, 0.25) is 5.91 Å². The minimum absolute atomic E-state index is 0.182. The summed E-state index contributed by atoms with van der Waals surface area (Å²) in [5.41, 5.74) is 6.87. The van der Waals surface area contributed by atoms with Crippen LogP contribution in [-0.4, -0.2) is 29.9 Å². The van der Waals surface area contributed by atoms with Gasteiger partial charge in [-0.15, -0.1) is 0 Å². The van der Waals surface area contributed by atoms with Gasteiger partial charge in [-0.2, -0.15) is 0 Å². The predicted molar refractivity (Wildman–Crippen MR) is 71.7 cm³/mol. The van der Waals surface area contributed by atoms with Crippen molar-refractivity contribution in [2.45, 2.75) is 25.3 Å². The third kappa shape index (κ3) is 3.07. The van der Waals surface area contributed by atoms with Crippen molar-refractivity contribution >= 4 is 21.8 Å². The lowest BCUT2D eigenvalue weighted by Gasteiger charge is -2.37. The van der Waals surface area contributed by atoms with Crippen LogP contribution in [0.4, 0.5) is 0 Å². The molecule has 1 amide bonds. The molecule has 3 nitrogen and oxygen atoms in total. The summed E-state index contributed by atoms with van der Waals surface area (Å²) in [6, 6.07) is 8.32. The molecule has 1 fully saturated rings. The van der Waals surface area contributed by atoms with E-state index in [2.05, 4.69) is 35.0 Å². The molecule has 1 aromatic carbocycles. The fourth-order valence-electron chi connectivity index (χ4n) is 2.02. The third-order valence-corrected chi connectivity index (χ3v) is 3.71. The van der Waals surface area contributed by atoms with Crippen molar-refractivity contribution in [1.82, 2.24) is 4.90 Å². The van der Waals surface area contributed by atoms with Crippen LogP contribution in [0.1, 0.15) is 24.8 Å². The number of nitrogens with zero attached hydrogens (tertiary/aromatic N) is 1. The van der Waals surface area contributed by atoms with Gasteiger partial charge in [0.05, 0.1) is 0 Å². The number of carbonyl (C=O) groups excluding carboxylic acids is 1. The second-order valence-corrected chi connectivity index (χ2v) is 5.63. The first-order valence-electron chi connectivity index (χ1n) is 5.85. The molecule has 17 heavy (non-hydrogen) atoms. The highest BCUT2D eigenvalue weighted by molar-refractivity contribution is 9.10. The number of carbonyl (C=O) groups is 1. The Balaban J connectivity index is 1.90. The van der Waals surface area contributed by atoms with Gasteiger partial charge in [-0.1, -0.05) is 35.0 Å². The highest BCUT2D eigenvalue weighted by atomic mass is 79.9. The Kier molecular flexibility index (Phi) is 3.84. The molecule has 4 heteroatoms. The molecule has 1 unspecified atom stereocenters. The van der Waals surface area contributed by atoms with E-state index in [4.69, 9.17) is 5.73 Å². The summed E-state index contributed by atoms with van der Waals surface area (Å²) < 4.78 is 1.06. The maximum Gasteiger partial charge on any atom is 0.223 e. The zero-order valence-corrected chi connectivity index (χ0v) is 11.5. The fourth-order valence-corrected chi connectivity index (χ4v) is 2.28. The standard InChI is InChI=1S/C13H17BrN2O/c1-9(10-2-4-11(14)5-3-10)6-13(17)16-7-12(15)8-16/h2-5,9,12H,6-8,15H2,1H3. The van der Waals surface area contributed by atoms with Crippen molar-refractivity contribution in [2.24, 2.45) is 5.73 Å². The van der Waals surface area contributed by atoms with E-state index in [1.54, 1.807) is 0 Å². The van der Waals surface area contributed by atoms with Gasteiger partial charge in [0.25, 0.3) is 0 Å². The normalized spacial score (nSPS) is 17.7. The second-order valence-electron chi connectivity index (χ2n) is 4.72. The summed E-state index contributed by atoms with van der Waals surface area (Å²) in [6.45, 7) is 3.51. The van der Waals surface area contributed by atoms with Crippen molar-refractivity contribution in [1.29, 1.82) is 0 Å². The number of benzene rings is 1. The van der Waals surface area contributed by atoms with Crippen LogP contribution >= 0.6 is 15.9 Å². The van der Waals surface area contributed by atoms with Gasteiger partial charge in [0.15, 0.2) is 0 Å². The Morgan fingerprint density at radius 2 is 2.06 bits per heavy atom. The highest BCUT2D eigenvalue weighted by Gasteiger charge is 2.28. The zero-order valence-electron chi connectivity index (χ0n) is 9.90. The van der Waals surface area contributed by atoms with Crippen LogP contribution in [0, 0.1) is 0 Å². The molecule has 0 aromatic heterocycles. The Morgan fingerprint density at radius 1 is 1.47 bits per heavy atom. The molecule has 2 rings (SSSR count). The minimum Gasteiger partial charge on any atom is -0.339 e. The van der Waals surface area contributed by atoms with Crippen molar-refractivity contribution in [3.63, 3.8) is 0 Å². The first kappa shape index (κ1) is 12.6. The van der Waals surface area contributed by atoms with E-state index in [-0.39, 0.29) is 17.9 Å². The lowest BCUT2D eigenvalue weighted by Crippen LogP contribution is -2.57. The summed E-state index contributed by atoms with van der Waals surface area (Å²) in [5.74, 6) is 0.467. The molecule has 1 aliphatic heterocycles. The Morgan fingerprint density at radius 3 is 2.59 bits per heavy atom. The molecule has 1 saturated heterocycles. The smallest absolute Gasteiger partial charge is 0.223 e. The van der Waals surface area contributed by atoms with Crippen LogP contribution in [0.3, 0.4) is 0 Å². The molecule has 0 spiro atoms. The Bertz CT molecular complexity index is 398. The molecule has 0 radical (unpaired) electrons. The van der Waals surface area contributed by atoms with Crippen molar-refractivity contribution < 1.29 is 4.79 Å². The fraction of sp³-hybridized carbons (Fsp3) is 0.462. The molecule has 2 N–H and O–H groups in total. The molecule has 1 atom stereocenters. The number of likely N-dealkylation sites (tertiary alicyclic amines) is 1. The number of rotatable bonds is 3. The molecule has 1 heterocycles. The highest BCUT2D eigenvalue weighted by Crippen LogP contribution is 2.23. The van der Waals surface area contributed by atoms with Crippen molar-refractivity contribution in [3.8, 4) is 0 Å². The molecule has 0 bridgehead atoms. The van der Waals surface area contributed by atoms with Gasteiger partial charge < -0.3 is 10.6 Å². The molecular weight excluding hydrogens is 280 g/mol. The summed E-state index contributed by atoms with van der Waals surface area (Å²) in [5, 5.41) is 0. The second kappa shape index (κ2) is 5.19. The molecular formula is C13H17BrN2O. The summed E-state index contributed by atoms with van der Waals surface area (Å²) >= 11 is 3.41. The molecule has 92 valence electrons. The Labute approximate surface area is 110 Å². The van der Waals surface area contributed by atoms with Gasteiger partial charge in [0.1, 0.15) is 0 Å². The van der Waals surface area contributed by atoms with Gasteiger partial charge in [-0.3, -0.25) is 4.79 Å².